The number of hydrogen-bond donors (Lipinski definition) is 1. The van der Waals surface area contributed by atoms with E-state index in [-0.39, 0.29) is 16.5 Å². The van der Waals surface area contributed by atoms with Gasteiger partial charge in [-0.1, -0.05) is 29.3 Å². The van der Waals surface area contributed by atoms with Crippen LogP contribution >= 0.6 is 11.6 Å². The molecule has 1 N–H and O–H groups in total. The molecular formula is C20H23ClN2O3S. The van der Waals surface area contributed by atoms with E-state index < -0.39 is 10.0 Å². The number of likely N-dealkylation sites (tertiary alicyclic amines) is 1. The SMILES string of the molecule is Cc1cc(C)c(S(=O)(=O)Nc2cc(Cl)ccc2C(=O)N2CCCC2)c(C)c1. The summed E-state index contributed by atoms with van der Waals surface area (Å²) in [7, 11) is -3.87. The second-order valence-corrected chi connectivity index (χ2v) is 9.08. The molecule has 2 aromatic carbocycles. The largest absolute Gasteiger partial charge is 0.339 e. The van der Waals surface area contributed by atoms with Crippen molar-refractivity contribution in [3.63, 3.8) is 0 Å². The zero-order valence-corrected chi connectivity index (χ0v) is 17.2. The molecule has 2 aromatic rings. The van der Waals surface area contributed by atoms with Crippen molar-refractivity contribution in [2.75, 3.05) is 17.8 Å². The van der Waals surface area contributed by atoms with Crippen molar-refractivity contribution in [3.05, 3.63) is 57.6 Å². The number of amides is 1. The number of halogens is 1. The van der Waals surface area contributed by atoms with Crippen molar-refractivity contribution in [1.82, 2.24) is 4.90 Å². The van der Waals surface area contributed by atoms with Crippen molar-refractivity contribution in [3.8, 4) is 0 Å². The van der Waals surface area contributed by atoms with Gasteiger partial charge in [0.15, 0.2) is 0 Å². The molecule has 1 fully saturated rings. The summed E-state index contributed by atoms with van der Waals surface area (Å²) < 4.78 is 28.8. The number of benzene rings is 2. The fourth-order valence-electron chi connectivity index (χ4n) is 3.66. The predicted molar refractivity (Wildman–Crippen MR) is 108 cm³/mol. The first kappa shape index (κ1) is 19.7. The molecule has 0 aliphatic carbocycles. The Hall–Kier alpha value is -2.05. The highest BCUT2D eigenvalue weighted by Crippen LogP contribution is 2.29. The van der Waals surface area contributed by atoms with Crippen LogP contribution in [0.3, 0.4) is 0 Å². The Morgan fingerprint density at radius 1 is 1.04 bits per heavy atom. The molecule has 0 unspecified atom stereocenters. The predicted octanol–water partition coefficient (Wildman–Crippen LogP) is 4.30. The summed E-state index contributed by atoms with van der Waals surface area (Å²) in [6, 6.07) is 8.33. The van der Waals surface area contributed by atoms with Crippen LogP contribution in [0.25, 0.3) is 0 Å². The second-order valence-electron chi connectivity index (χ2n) is 7.02. The number of rotatable bonds is 4. The minimum atomic E-state index is -3.87. The Labute approximate surface area is 165 Å². The highest BCUT2D eigenvalue weighted by Gasteiger charge is 2.26. The van der Waals surface area contributed by atoms with Gasteiger partial charge >= 0.3 is 0 Å². The molecule has 0 aromatic heterocycles. The number of anilines is 1. The molecule has 3 rings (SSSR count). The van der Waals surface area contributed by atoms with Crippen LogP contribution in [0.1, 0.15) is 39.9 Å². The summed E-state index contributed by atoms with van der Waals surface area (Å²) in [5.74, 6) is -0.181. The van der Waals surface area contributed by atoms with Gasteiger partial charge in [0.2, 0.25) is 0 Å². The molecule has 0 atom stereocenters. The molecule has 0 radical (unpaired) electrons. The van der Waals surface area contributed by atoms with Crippen molar-refractivity contribution >= 4 is 33.2 Å². The minimum absolute atomic E-state index is 0.181. The lowest BCUT2D eigenvalue weighted by molar-refractivity contribution is 0.0794. The van der Waals surface area contributed by atoms with E-state index in [1.165, 1.54) is 6.07 Å². The monoisotopic (exact) mass is 406 g/mol. The topological polar surface area (TPSA) is 66.5 Å². The van der Waals surface area contributed by atoms with Crippen LogP contribution in [-0.4, -0.2) is 32.3 Å². The maximum absolute atomic E-state index is 13.1. The smallest absolute Gasteiger partial charge is 0.262 e. The van der Waals surface area contributed by atoms with Gasteiger partial charge in [-0.25, -0.2) is 8.42 Å². The maximum Gasteiger partial charge on any atom is 0.262 e. The molecule has 5 nitrogen and oxygen atoms in total. The van der Waals surface area contributed by atoms with Crippen LogP contribution in [-0.2, 0) is 10.0 Å². The fourth-order valence-corrected chi connectivity index (χ4v) is 5.36. The molecule has 27 heavy (non-hydrogen) atoms. The number of nitrogens with one attached hydrogen (secondary N) is 1. The maximum atomic E-state index is 13.1. The first-order valence-electron chi connectivity index (χ1n) is 8.88. The Bertz CT molecular complexity index is 973. The fraction of sp³-hybridized carbons (Fsp3) is 0.350. The zero-order valence-electron chi connectivity index (χ0n) is 15.7. The number of aryl methyl sites for hydroxylation is 3. The van der Waals surface area contributed by atoms with Gasteiger partial charge < -0.3 is 4.90 Å². The summed E-state index contributed by atoms with van der Waals surface area (Å²) in [5.41, 5.74) is 2.84. The normalized spacial score (nSPS) is 14.4. The van der Waals surface area contributed by atoms with Gasteiger partial charge in [-0.05, 0) is 62.9 Å². The van der Waals surface area contributed by atoms with Crippen molar-refractivity contribution in [2.24, 2.45) is 0 Å². The molecule has 0 saturated carbocycles. The zero-order chi connectivity index (χ0) is 19.8. The van der Waals surface area contributed by atoms with Gasteiger partial charge in [-0.15, -0.1) is 0 Å². The summed E-state index contributed by atoms with van der Waals surface area (Å²) in [6.45, 7) is 6.83. The van der Waals surface area contributed by atoms with Gasteiger partial charge in [-0.2, -0.15) is 0 Å². The van der Waals surface area contributed by atoms with E-state index in [4.69, 9.17) is 11.6 Å². The number of sulfonamides is 1. The Morgan fingerprint density at radius 2 is 1.63 bits per heavy atom. The Balaban J connectivity index is 2.02. The Kier molecular flexibility index (Phi) is 5.49. The quantitative estimate of drug-likeness (QED) is 0.822. The second kappa shape index (κ2) is 7.52. The van der Waals surface area contributed by atoms with Crippen LogP contribution in [0.2, 0.25) is 5.02 Å². The highest BCUT2D eigenvalue weighted by atomic mass is 35.5. The van der Waals surface area contributed by atoms with Gasteiger partial charge in [-0.3, -0.25) is 9.52 Å². The van der Waals surface area contributed by atoms with E-state index in [0.717, 1.165) is 18.4 Å². The van der Waals surface area contributed by atoms with E-state index in [1.54, 1.807) is 30.9 Å². The minimum Gasteiger partial charge on any atom is -0.339 e. The van der Waals surface area contributed by atoms with Crippen molar-refractivity contribution < 1.29 is 13.2 Å². The lowest BCUT2D eigenvalue weighted by atomic mass is 10.1. The standard InChI is InChI=1S/C20H23ClN2O3S/c1-13-10-14(2)19(15(3)11-13)27(25,26)22-18-12-16(21)6-7-17(18)20(24)23-8-4-5-9-23/h6-7,10-12,22H,4-5,8-9H2,1-3H3. The Morgan fingerprint density at radius 3 is 2.22 bits per heavy atom. The van der Waals surface area contributed by atoms with Crippen LogP contribution in [0.4, 0.5) is 5.69 Å². The summed E-state index contributed by atoms with van der Waals surface area (Å²) in [6.07, 6.45) is 1.92. The lowest BCUT2D eigenvalue weighted by Crippen LogP contribution is -2.29. The summed E-state index contributed by atoms with van der Waals surface area (Å²) >= 11 is 6.08. The number of hydrogen-bond acceptors (Lipinski definition) is 3. The van der Waals surface area contributed by atoms with E-state index in [9.17, 15) is 13.2 Å². The number of nitrogens with zero attached hydrogens (tertiary/aromatic N) is 1. The molecule has 1 amide bonds. The van der Waals surface area contributed by atoms with Gasteiger partial charge in [0.1, 0.15) is 0 Å². The molecule has 1 saturated heterocycles. The van der Waals surface area contributed by atoms with E-state index >= 15 is 0 Å². The first-order chi connectivity index (χ1) is 12.7. The van der Waals surface area contributed by atoms with Gasteiger partial charge in [0.25, 0.3) is 15.9 Å². The summed E-state index contributed by atoms with van der Waals surface area (Å²) in [5, 5.41) is 0.364. The molecule has 1 aliphatic rings. The van der Waals surface area contributed by atoms with Crippen LogP contribution in [0.5, 0.6) is 0 Å². The first-order valence-corrected chi connectivity index (χ1v) is 10.7. The average molecular weight is 407 g/mol. The number of carbonyl (C=O) groups is 1. The molecule has 0 bridgehead atoms. The van der Waals surface area contributed by atoms with Gasteiger partial charge in [0, 0.05) is 18.1 Å². The average Bonchev–Trinajstić information content (AvgIpc) is 3.07. The third-order valence-corrected chi connectivity index (χ3v) is 6.63. The van der Waals surface area contributed by atoms with Crippen LogP contribution < -0.4 is 4.72 Å². The summed E-state index contributed by atoms with van der Waals surface area (Å²) in [4.78, 5) is 14.8. The van der Waals surface area contributed by atoms with Crippen LogP contribution in [0.15, 0.2) is 35.2 Å². The van der Waals surface area contributed by atoms with E-state index in [0.29, 0.717) is 34.8 Å². The number of carbonyl (C=O) groups excluding carboxylic acids is 1. The molecule has 1 aliphatic heterocycles. The molecule has 144 valence electrons. The third kappa shape index (κ3) is 4.12. The third-order valence-electron chi connectivity index (χ3n) is 4.72. The van der Waals surface area contributed by atoms with Crippen LogP contribution in [0, 0.1) is 20.8 Å². The van der Waals surface area contributed by atoms with E-state index in [2.05, 4.69) is 4.72 Å². The molecule has 0 spiro atoms. The van der Waals surface area contributed by atoms with Gasteiger partial charge in [0.05, 0.1) is 16.1 Å². The highest BCUT2D eigenvalue weighted by molar-refractivity contribution is 7.92. The lowest BCUT2D eigenvalue weighted by Gasteiger charge is -2.19. The molecule has 7 heteroatoms. The molecular weight excluding hydrogens is 384 g/mol. The molecule has 1 heterocycles. The van der Waals surface area contributed by atoms with Crippen molar-refractivity contribution in [2.45, 2.75) is 38.5 Å². The van der Waals surface area contributed by atoms with E-state index in [1.807, 2.05) is 19.1 Å². The van der Waals surface area contributed by atoms with Crippen molar-refractivity contribution in [1.29, 1.82) is 0 Å².